The van der Waals surface area contributed by atoms with Gasteiger partial charge in [-0.2, -0.15) is 5.21 Å². The average Bonchev–Trinajstić information content (AvgIpc) is 3.01. The number of H-pyrrole nitrogens is 1. The van der Waals surface area contributed by atoms with Gasteiger partial charge in [-0.1, -0.05) is 41.7 Å². The van der Waals surface area contributed by atoms with Gasteiger partial charge < -0.3 is 0 Å². The summed E-state index contributed by atoms with van der Waals surface area (Å²) in [5.41, 5.74) is 1.04. The highest BCUT2D eigenvalue weighted by atomic mass is 32.1. The quantitative estimate of drug-likeness (QED) is 0.719. The molecule has 0 amide bonds. The molecule has 2 heterocycles. The van der Waals surface area contributed by atoms with Gasteiger partial charge >= 0.3 is 0 Å². The molecule has 6 nitrogen and oxygen atoms in total. The van der Waals surface area contributed by atoms with Crippen molar-refractivity contribution in [1.29, 1.82) is 0 Å². The summed E-state index contributed by atoms with van der Waals surface area (Å²) in [5, 5.41) is 23.2. The van der Waals surface area contributed by atoms with E-state index in [0.29, 0.717) is 10.8 Å². The Bertz CT molecular complexity index is 573. The molecule has 0 bridgehead atoms. The minimum Gasteiger partial charge on any atom is -0.177 e. The number of hydrogen-bond donors (Lipinski definition) is 1. The number of aromatic amines is 1. The van der Waals surface area contributed by atoms with E-state index >= 15 is 0 Å². The zero-order chi connectivity index (χ0) is 10.8. The van der Waals surface area contributed by atoms with Crippen LogP contribution < -0.4 is 0 Å². The van der Waals surface area contributed by atoms with Gasteiger partial charge in [-0.25, -0.2) is 0 Å². The smallest absolute Gasteiger partial charge is 0.177 e. The summed E-state index contributed by atoms with van der Waals surface area (Å²) in [6.45, 7) is 0. The van der Waals surface area contributed by atoms with E-state index in [4.69, 9.17) is 0 Å². The van der Waals surface area contributed by atoms with Crippen molar-refractivity contribution in [2.75, 3.05) is 0 Å². The number of nitrogens with one attached hydrogen (secondary N) is 1. The van der Waals surface area contributed by atoms with Crippen LogP contribution in [0.4, 0.5) is 0 Å². The predicted molar refractivity (Wildman–Crippen MR) is 58.5 cm³/mol. The van der Waals surface area contributed by atoms with Crippen molar-refractivity contribution in [2.45, 2.75) is 0 Å². The second kappa shape index (κ2) is 3.78. The fourth-order valence-electron chi connectivity index (χ4n) is 1.26. The van der Waals surface area contributed by atoms with Crippen LogP contribution in [-0.2, 0) is 0 Å². The first kappa shape index (κ1) is 9.10. The van der Waals surface area contributed by atoms with Gasteiger partial charge in [0.25, 0.3) is 0 Å². The van der Waals surface area contributed by atoms with E-state index in [0.717, 1.165) is 10.6 Å². The second-order valence-electron chi connectivity index (χ2n) is 3.01. The predicted octanol–water partition coefficient (Wildman–Crippen LogP) is 1.39. The van der Waals surface area contributed by atoms with Crippen LogP contribution in [0.5, 0.6) is 0 Å². The van der Waals surface area contributed by atoms with Gasteiger partial charge in [0.2, 0.25) is 5.82 Å². The maximum atomic E-state index is 4.09. The lowest BCUT2D eigenvalue weighted by molar-refractivity contribution is 0.881. The van der Waals surface area contributed by atoms with Crippen LogP contribution in [0.15, 0.2) is 30.3 Å². The minimum absolute atomic E-state index is 0.472. The van der Waals surface area contributed by atoms with Crippen molar-refractivity contribution in [2.24, 2.45) is 0 Å². The van der Waals surface area contributed by atoms with E-state index in [2.05, 4.69) is 30.8 Å². The third kappa shape index (κ3) is 1.57. The molecule has 3 rings (SSSR count). The number of tetrazole rings is 1. The van der Waals surface area contributed by atoms with E-state index in [1.807, 2.05) is 30.3 Å². The Kier molecular flexibility index (Phi) is 2.15. The zero-order valence-electron chi connectivity index (χ0n) is 8.03. The molecular formula is C9H6N6S. The Morgan fingerprint density at radius 2 is 1.75 bits per heavy atom. The fourth-order valence-corrected chi connectivity index (χ4v) is 2.04. The molecule has 0 unspecified atom stereocenters. The van der Waals surface area contributed by atoms with Crippen LogP contribution in [0.2, 0.25) is 0 Å². The normalized spacial score (nSPS) is 10.5. The molecule has 0 radical (unpaired) electrons. The Hall–Kier alpha value is -2.15. The molecule has 3 aromatic rings. The number of hydrogen-bond acceptors (Lipinski definition) is 6. The van der Waals surface area contributed by atoms with Crippen molar-refractivity contribution in [3.63, 3.8) is 0 Å². The van der Waals surface area contributed by atoms with Gasteiger partial charge in [0, 0.05) is 5.56 Å². The van der Waals surface area contributed by atoms with Gasteiger partial charge in [-0.15, -0.1) is 20.4 Å². The second-order valence-corrected chi connectivity index (χ2v) is 3.99. The fraction of sp³-hybridized carbons (Fsp3) is 0. The van der Waals surface area contributed by atoms with Crippen molar-refractivity contribution >= 4 is 11.3 Å². The highest BCUT2D eigenvalue weighted by Crippen LogP contribution is 2.27. The largest absolute Gasteiger partial charge is 0.235 e. The van der Waals surface area contributed by atoms with Gasteiger partial charge in [0.15, 0.2) is 5.01 Å². The lowest BCUT2D eigenvalue weighted by atomic mass is 10.2. The summed E-state index contributed by atoms with van der Waals surface area (Å²) >= 11 is 1.44. The van der Waals surface area contributed by atoms with Crippen molar-refractivity contribution < 1.29 is 0 Å². The van der Waals surface area contributed by atoms with Crippen molar-refractivity contribution in [3.8, 4) is 21.4 Å². The summed E-state index contributed by atoms with van der Waals surface area (Å²) in [6.07, 6.45) is 0. The molecule has 0 aliphatic rings. The van der Waals surface area contributed by atoms with Crippen LogP contribution >= 0.6 is 11.3 Å². The molecule has 0 aliphatic heterocycles. The average molecular weight is 230 g/mol. The number of benzene rings is 1. The summed E-state index contributed by atoms with van der Waals surface area (Å²) < 4.78 is 0. The highest BCUT2D eigenvalue weighted by Gasteiger charge is 2.11. The first-order valence-corrected chi connectivity index (χ1v) is 5.38. The highest BCUT2D eigenvalue weighted by molar-refractivity contribution is 7.17. The standard InChI is InChI=1S/C9H6N6S/c1-2-4-6(5-3-1)8-12-13-9(16-8)7-10-14-15-11-7/h1-5H,(H,10,11,14,15). The third-order valence-electron chi connectivity index (χ3n) is 1.98. The molecule has 1 N–H and O–H groups in total. The number of rotatable bonds is 2. The van der Waals surface area contributed by atoms with Crippen LogP contribution in [0.25, 0.3) is 21.4 Å². The summed E-state index contributed by atoms with van der Waals surface area (Å²) in [7, 11) is 0. The number of nitrogens with zero attached hydrogens (tertiary/aromatic N) is 5. The van der Waals surface area contributed by atoms with Crippen molar-refractivity contribution in [1.82, 2.24) is 30.8 Å². The van der Waals surface area contributed by atoms with Crippen molar-refractivity contribution in [3.05, 3.63) is 30.3 Å². The minimum atomic E-state index is 0.472. The molecule has 0 fully saturated rings. The van der Waals surface area contributed by atoms with E-state index < -0.39 is 0 Å². The van der Waals surface area contributed by atoms with Gasteiger partial charge in [0.1, 0.15) is 5.01 Å². The van der Waals surface area contributed by atoms with Crippen LogP contribution in [0.1, 0.15) is 0 Å². The molecule has 7 heteroatoms. The molecule has 2 aromatic heterocycles. The Labute approximate surface area is 94.4 Å². The lowest BCUT2D eigenvalue weighted by Gasteiger charge is -1.90. The van der Waals surface area contributed by atoms with Gasteiger partial charge in [0.05, 0.1) is 0 Å². The van der Waals surface area contributed by atoms with E-state index in [1.54, 1.807) is 0 Å². The van der Waals surface area contributed by atoms with Gasteiger partial charge in [-0.3, -0.25) is 0 Å². The molecule has 16 heavy (non-hydrogen) atoms. The van der Waals surface area contributed by atoms with Crippen LogP contribution in [0, 0.1) is 0 Å². The molecule has 78 valence electrons. The Balaban J connectivity index is 2.00. The summed E-state index contributed by atoms with van der Waals surface area (Å²) in [5.74, 6) is 0.472. The molecular weight excluding hydrogens is 224 g/mol. The maximum absolute atomic E-state index is 4.09. The molecule has 0 saturated carbocycles. The van der Waals surface area contributed by atoms with E-state index in [1.165, 1.54) is 11.3 Å². The monoisotopic (exact) mass is 230 g/mol. The zero-order valence-corrected chi connectivity index (χ0v) is 8.85. The first-order valence-electron chi connectivity index (χ1n) is 4.56. The molecule has 0 spiro atoms. The molecule has 0 atom stereocenters. The summed E-state index contributed by atoms with van der Waals surface area (Å²) in [4.78, 5) is 0. The Morgan fingerprint density at radius 3 is 2.50 bits per heavy atom. The van der Waals surface area contributed by atoms with E-state index in [-0.39, 0.29) is 0 Å². The maximum Gasteiger partial charge on any atom is 0.235 e. The third-order valence-corrected chi connectivity index (χ3v) is 2.95. The summed E-state index contributed by atoms with van der Waals surface area (Å²) in [6, 6.07) is 9.86. The molecule has 0 aliphatic carbocycles. The first-order chi connectivity index (χ1) is 7.93. The molecule has 1 aromatic carbocycles. The topological polar surface area (TPSA) is 80.2 Å². The lowest BCUT2D eigenvalue weighted by Crippen LogP contribution is -1.79. The van der Waals surface area contributed by atoms with Crippen LogP contribution in [-0.4, -0.2) is 30.8 Å². The number of aromatic nitrogens is 6. The van der Waals surface area contributed by atoms with Gasteiger partial charge in [-0.05, 0) is 5.21 Å². The Morgan fingerprint density at radius 1 is 0.938 bits per heavy atom. The van der Waals surface area contributed by atoms with E-state index in [9.17, 15) is 0 Å². The SMILES string of the molecule is c1ccc(-c2nnc(-c3nn[nH]n3)s2)cc1. The van der Waals surface area contributed by atoms with Crippen LogP contribution in [0.3, 0.4) is 0 Å². The molecule has 0 saturated heterocycles.